The van der Waals surface area contributed by atoms with E-state index in [0.717, 1.165) is 21.3 Å². The average Bonchev–Trinajstić information content (AvgIpc) is 3.37. The summed E-state index contributed by atoms with van der Waals surface area (Å²) in [6, 6.07) is 16.4. The minimum Gasteiger partial charge on any atom is -0.497 e. The zero-order valence-electron chi connectivity index (χ0n) is 20.7. The van der Waals surface area contributed by atoms with E-state index in [1.54, 1.807) is 32.4 Å². The van der Waals surface area contributed by atoms with Crippen molar-refractivity contribution in [2.24, 2.45) is 5.10 Å². The van der Waals surface area contributed by atoms with Crippen molar-refractivity contribution in [2.75, 3.05) is 35.5 Å². The topological polar surface area (TPSA) is 78.8 Å². The number of hydrogen-bond acceptors (Lipinski definition) is 7. The molecule has 8 nitrogen and oxygen atoms in total. The lowest BCUT2D eigenvalue weighted by Gasteiger charge is -2.24. The highest BCUT2D eigenvalue weighted by Crippen LogP contribution is 2.42. The van der Waals surface area contributed by atoms with Gasteiger partial charge in [-0.1, -0.05) is 28.1 Å². The number of hydrazone groups is 1. The van der Waals surface area contributed by atoms with E-state index in [2.05, 4.69) is 15.9 Å². The molecular formula is C27H27BrN2O6. The number of nitrogens with zero attached hydrogens (tertiary/aromatic N) is 2. The largest absolute Gasteiger partial charge is 0.497 e. The van der Waals surface area contributed by atoms with Crippen LogP contribution >= 0.6 is 15.9 Å². The van der Waals surface area contributed by atoms with Gasteiger partial charge in [0.2, 0.25) is 5.75 Å². The third kappa shape index (κ3) is 4.83. The summed E-state index contributed by atoms with van der Waals surface area (Å²) in [5.41, 5.74) is 2.78. The van der Waals surface area contributed by atoms with Crippen molar-refractivity contribution in [1.29, 1.82) is 0 Å². The minimum absolute atomic E-state index is 0.279. The van der Waals surface area contributed by atoms with E-state index in [9.17, 15) is 4.79 Å². The van der Waals surface area contributed by atoms with Crippen LogP contribution in [0.15, 0.2) is 64.2 Å². The summed E-state index contributed by atoms with van der Waals surface area (Å²) in [6.07, 6.45) is 0.494. The van der Waals surface area contributed by atoms with E-state index in [4.69, 9.17) is 28.8 Å². The molecule has 1 aliphatic heterocycles. The molecule has 1 heterocycles. The van der Waals surface area contributed by atoms with E-state index in [1.165, 1.54) is 26.3 Å². The Labute approximate surface area is 218 Å². The molecule has 1 amide bonds. The smallest absolute Gasteiger partial charge is 0.278 e. The summed E-state index contributed by atoms with van der Waals surface area (Å²) >= 11 is 3.54. The summed E-state index contributed by atoms with van der Waals surface area (Å²) in [7, 11) is 7.71. The molecule has 188 valence electrons. The predicted octanol–water partition coefficient (Wildman–Crippen LogP) is 5.48. The van der Waals surface area contributed by atoms with Gasteiger partial charge in [0, 0.05) is 22.5 Å². The van der Waals surface area contributed by atoms with Crippen LogP contribution in [0.1, 0.15) is 33.9 Å². The zero-order valence-corrected chi connectivity index (χ0v) is 22.3. The van der Waals surface area contributed by atoms with Crippen molar-refractivity contribution in [3.8, 4) is 28.7 Å². The molecule has 0 saturated carbocycles. The quantitative estimate of drug-likeness (QED) is 0.366. The highest BCUT2D eigenvalue weighted by Gasteiger charge is 2.36. The number of rotatable bonds is 8. The maximum Gasteiger partial charge on any atom is 0.278 e. The zero-order chi connectivity index (χ0) is 25.8. The molecule has 1 aliphatic rings. The fourth-order valence-corrected chi connectivity index (χ4v) is 4.63. The first-order chi connectivity index (χ1) is 17.4. The molecule has 0 unspecified atom stereocenters. The summed E-state index contributed by atoms with van der Waals surface area (Å²) in [5, 5.41) is 6.29. The van der Waals surface area contributed by atoms with E-state index in [0.29, 0.717) is 35.0 Å². The Morgan fingerprint density at radius 3 is 2.14 bits per heavy atom. The molecule has 0 saturated heterocycles. The second-order valence-electron chi connectivity index (χ2n) is 7.95. The van der Waals surface area contributed by atoms with Crippen molar-refractivity contribution in [1.82, 2.24) is 5.01 Å². The molecule has 0 N–H and O–H groups in total. The fraction of sp³-hybridized carbons (Fsp3) is 0.259. The number of carbonyl (C=O) groups excluding carboxylic acids is 1. The lowest BCUT2D eigenvalue weighted by molar-refractivity contribution is 0.0707. The van der Waals surface area contributed by atoms with Crippen LogP contribution in [0, 0.1) is 0 Å². The van der Waals surface area contributed by atoms with Crippen LogP contribution in [0.5, 0.6) is 28.7 Å². The molecule has 0 radical (unpaired) electrons. The first kappa shape index (κ1) is 25.4. The Morgan fingerprint density at radius 2 is 1.56 bits per heavy atom. The van der Waals surface area contributed by atoms with E-state index >= 15 is 0 Å². The molecule has 0 aromatic heterocycles. The molecule has 0 fully saturated rings. The molecule has 9 heteroatoms. The lowest BCUT2D eigenvalue weighted by atomic mass is 9.97. The van der Waals surface area contributed by atoms with E-state index in [-0.39, 0.29) is 17.7 Å². The van der Waals surface area contributed by atoms with Crippen LogP contribution in [0.25, 0.3) is 0 Å². The van der Waals surface area contributed by atoms with Crippen LogP contribution < -0.4 is 23.7 Å². The van der Waals surface area contributed by atoms with E-state index < -0.39 is 0 Å². The van der Waals surface area contributed by atoms with Gasteiger partial charge in [-0.15, -0.1) is 0 Å². The first-order valence-electron chi connectivity index (χ1n) is 11.1. The first-order valence-corrected chi connectivity index (χ1v) is 11.9. The van der Waals surface area contributed by atoms with Gasteiger partial charge >= 0.3 is 0 Å². The van der Waals surface area contributed by atoms with Crippen molar-refractivity contribution in [2.45, 2.75) is 12.5 Å². The van der Waals surface area contributed by atoms with Gasteiger partial charge in [-0.2, -0.15) is 5.10 Å². The third-order valence-electron chi connectivity index (χ3n) is 5.97. The Hall–Kier alpha value is -3.72. The molecule has 0 aliphatic carbocycles. The van der Waals surface area contributed by atoms with Gasteiger partial charge < -0.3 is 23.7 Å². The Morgan fingerprint density at radius 1 is 0.861 bits per heavy atom. The average molecular weight is 555 g/mol. The number of benzene rings is 3. The summed E-state index contributed by atoms with van der Waals surface area (Å²) in [4.78, 5) is 14.0. The Kier molecular flexibility index (Phi) is 7.69. The number of carbonyl (C=O) groups is 1. The summed E-state index contributed by atoms with van der Waals surface area (Å²) in [6.45, 7) is 0. The van der Waals surface area contributed by atoms with Crippen LogP contribution in [-0.4, -0.2) is 52.2 Å². The maximum absolute atomic E-state index is 14.0. The van der Waals surface area contributed by atoms with Gasteiger partial charge in [0.25, 0.3) is 5.91 Å². The molecule has 3 aromatic carbocycles. The van der Waals surface area contributed by atoms with Gasteiger partial charge in [0.05, 0.1) is 52.9 Å². The van der Waals surface area contributed by atoms with Crippen molar-refractivity contribution in [3.05, 3.63) is 75.8 Å². The van der Waals surface area contributed by atoms with Crippen molar-refractivity contribution >= 4 is 27.5 Å². The van der Waals surface area contributed by atoms with Crippen molar-refractivity contribution in [3.63, 3.8) is 0 Å². The van der Waals surface area contributed by atoms with Gasteiger partial charge in [-0.05, 0) is 42.0 Å². The Bertz CT molecular complexity index is 1290. The van der Waals surface area contributed by atoms with Crippen LogP contribution in [0.4, 0.5) is 0 Å². The molecule has 36 heavy (non-hydrogen) atoms. The summed E-state index contributed by atoms with van der Waals surface area (Å²) in [5.74, 6) is 2.02. The molecule has 1 atom stereocenters. The standard InChI is InChI=1S/C27H27BrN2O6/c1-32-19-12-17(13-20(14-19)33-2)22-15-23(16-7-6-8-18(28)11-16)30(29-22)27(31)21-9-10-24(34-3)26(36-5)25(21)35-4/h6-14,23H,15H2,1-5H3/t23-/m1/s1. The van der Waals surface area contributed by atoms with Crippen LogP contribution in [0.3, 0.4) is 0 Å². The molecule has 0 bridgehead atoms. The number of amides is 1. The molecular weight excluding hydrogens is 528 g/mol. The van der Waals surface area contributed by atoms with Crippen molar-refractivity contribution < 1.29 is 28.5 Å². The monoisotopic (exact) mass is 554 g/mol. The normalized spacial score (nSPS) is 14.8. The predicted molar refractivity (Wildman–Crippen MR) is 140 cm³/mol. The van der Waals surface area contributed by atoms with Gasteiger partial charge in [-0.25, -0.2) is 5.01 Å². The van der Waals surface area contributed by atoms with Crippen LogP contribution in [0.2, 0.25) is 0 Å². The second-order valence-corrected chi connectivity index (χ2v) is 8.87. The second kappa shape index (κ2) is 10.9. The highest BCUT2D eigenvalue weighted by molar-refractivity contribution is 9.10. The lowest BCUT2D eigenvalue weighted by Crippen LogP contribution is -2.27. The molecule has 3 aromatic rings. The molecule has 4 rings (SSSR count). The van der Waals surface area contributed by atoms with Crippen LogP contribution in [-0.2, 0) is 0 Å². The molecule has 0 spiro atoms. The van der Waals surface area contributed by atoms with E-state index in [1.807, 2.05) is 36.4 Å². The SMILES string of the molecule is COc1cc(OC)cc(C2=NN(C(=O)c3ccc(OC)c(OC)c3OC)[C@@H](c3cccc(Br)c3)C2)c1. The number of ether oxygens (including phenoxy) is 5. The van der Waals surface area contributed by atoms with Gasteiger partial charge in [0.15, 0.2) is 11.5 Å². The fourth-order valence-electron chi connectivity index (χ4n) is 4.21. The van der Waals surface area contributed by atoms with Gasteiger partial charge in [-0.3, -0.25) is 4.79 Å². The highest BCUT2D eigenvalue weighted by atomic mass is 79.9. The number of halogens is 1. The summed E-state index contributed by atoms with van der Waals surface area (Å²) < 4.78 is 28.2. The Balaban J connectivity index is 1.83. The number of methoxy groups -OCH3 is 5. The minimum atomic E-state index is -0.347. The third-order valence-corrected chi connectivity index (χ3v) is 6.46. The van der Waals surface area contributed by atoms with Gasteiger partial charge in [0.1, 0.15) is 11.5 Å². The maximum atomic E-state index is 14.0. The number of hydrogen-bond donors (Lipinski definition) is 0.